The van der Waals surface area contributed by atoms with Crippen LogP contribution in [-0.4, -0.2) is 68.5 Å². The number of benzene rings is 1. The van der Waals surface area contributed by atoms with Gasteiger partial charge in [-0.3, -0.25) is 4.90 Å². The molecule has 2 aliphatic rings. The maximum Gasteiger partial charge on any atom is 0.151 e. The highest BCUT2D eigenvalue weighted by Crippen LogP contribution is 2.19. The van der Waals surface area contributed by atoms with Gasteiger partial charge in [-0.2, -0.15) is 0 Å². The zero-order chi connectivity index (χ0) is 15.6. The van der Waals surface area contributed by atoms with E-state index in [1.807, 2.05) is 12.1 Å². The summed E-state index contributed by atoms with van der Waals surface area (Å²) in [5.41, 5.74) is 0.770. The lowest BCUT2D eigenvalue weighted by molar-refractivity contribution is 0.105. The zero-order valence-electron chi connectivity index (χ0n) is 12.7. The number of hydrogen-bond donors (Lipinski definition) is 0. The molecule has 0 saturated carbocycles. The number of nitrogens with zero attached hydrogens (tertiary/aromatic N) is 2. The standard InChI is InChI=1S/C16H23FN2O2S/c17-16-4-2-1-3-14(16)5-7-18-8-10-19(11-9-18)15-6-12-22(20,21)13-15/h1-4,15H,5-13H2. The third-order valence-corrected chi connectivity index (χ3v) is 6.54. The van der Waals surface area contributed by atoms with Gasteiger partial charge in [-0.05, 0) is 24.5 Å². The average Bonchev–Trinajstić information content (AvgIpc) is 2.87. The Kier molecular flexibility index (Phi) is 4.80. The van der Waals surface area contributed by atoms with Gasteiger partial charge in [0.25, 0.3) is 0 Å². The molecule has 0 amide bonds. The Bertz CT molecular complexity index is 612. The molecule has 6 heteroatoms. The van der Waals surface area contributed by atoms with Crippen LogP contribution in [-0.2, 0) is 16.3 Å². The Balaban J connectivity index is 1.45. The summed E-state index contributed by atoms with van der Waals surface area (Å²) in [6.07, 6.45) is 1.50. The van der Waals surface area contributed by atoms with E-state index >= 15 is 0 Å². The monoisotopic (exact) mass is 326 g/mol. The molecule has 0 N–H and O–H groups in total. The summed E-state index contributed by atoms with van der Waals surface area (Å²) in [6, 6.07) is 7.14. The molecule has 4 nitrogen and oxygen atoms in total. The van der Waals surface area contributed by atoms with Crippen LogP contribution in [0.25, 0.3) is 0 Å². The zero-order valence-corrected chi connectivity index (χ0v) is 13.6. The molecule has 1 atom stereocenters. The van der Waals surface area contributed by atoms with Crippen LogP contribution < -0.4 is 0 Å². The largest absolute Gasteiger partial charge is 0.300 e. The first-order chi connectivity index (χ1) is 10.5. The smallest absolute Gasteiger partial charge is 0.151 e. The minimum atomic E-state index is -2.81. The van der Waals surface area contributed by atoms with Crippen LogP contribution >= 0.6 is 0 Å². The Morgan fingerprint density at radius 3 is 2.50 bits per heavy atom. The van der Waals surface area contributed by atoms with Gasteiger partial charge in [-0.15, -0.1) is 0 Å². The Hall–Kier alpha value is -0.980. The summed E-state index contributed by atoms with van der Waals surface area (Å²) < 4.78 is 36.7. The molecular weight excluding hydrogens is 303 g/mol. The third kappa shape index (κ3) is 3.86. The Labute approximate surface area is 131 Å². The van der Waals surface area contributed by atoms with E-state index in [1.54, 1.807) is 6.07 Å². The van der Waals surface area contributed by atoms with Crippen LogP contribution in [0.2, 0.25) is 0 Å². The molecule has 2 heterocycles. The van der Waals surface area contributed by atoms with Crippen molar-refractivity contribution in [3.63, 3.8) is 0 Å². The Morgan fingerprint density at radius 1 is 1.14 bits per heavy atom. The second-order valence-electron chi connectivity index (χ2n) is 6.28. The van der Waals surface area contributed by atoms with Crippen molar-refractivity contribution in [1.29, 1.82) is 0 Å². The van der Waals surface area contributed by atoms with Crippen molar-refractivity contribution in [2.75, 3.05) is 44.2 Å². The van der Waals surface area contributed by atoms with Crippen LogP contribution in [0.4, 0.5) is 4.39 Å². The highest BCUT2D eigenvalue weighted by atomic mass is 32.2. The van der Waals surface area contributed by atoms with Crippen molar-refractivity contribution in [2.24, 2.45) is 0 Å². The molecule has 3 rings (SSSR count). The minimum Gasteiger partial charge on any atom is -0.300 e. The van der Waals surface area contributed by atoms with Gasteiger partial charge in [0.05, 0.1) is 11.5 Å². The highest BCUT2D eigenvalue weighted by Gasteiger charge is 2.33. The third-order valence-electron chi connectivity index (χ3n) is 4.79. The molecule has 1 aromatic rings. The molecule has 22 heavy (non-hydrogen) atoms. The molecule has 2 aliphatic heterocycles. The topological polar surface area (TPSA) is 40.6 Å². The van der Waals surface area contributed by atoms with Gasteiger partial charge < -0.3 is 4.90 Å². The van der Waals surface area contributed by atoms with E-state index < -0.39 is 9.84 Å². The SMILES string of the molecule is O=S1(=O)CCC(N2CCN(CCc3ccccc3F)CC2)C1. The lowest BCUT2D eigenvalue weighted by Crippen LogP contribution is -2.51. The first-order valence-corrected chi connectivity index (χ1v) is 9.76. The van der Waals surface area contributed by atoms with Crippen LogP contribution in [0, 0.1) is 5.82 Å². The first-order valence-electron chi connectivity index (χ1n) is 7.94. The second kappa shape index (κ2) is 6.64. The molecule has 122 valence electrons. The maximum absolute atomic E-state index is 13.6. The van der Waals surface area contributed by atoms with Crippen LogP contribution in [0.5, 0.6) is 0 Å². The van der Waals surface area contributed by atoms with Crippen LogP contribution in [0.15, 0.2) is 24.3 Å². The second-order valence-corrected chi connectivity index (χ2v) is 8.50. The molecule has 0 aromatic heterocycles. The minimum absolute atomic E-state index is 0.128. The molecule has 0 spiro atoms. The van der Waals surface area contributed by atoms with Crippen molar-refractivity contribution < 1.29 is 12.8 Å². The lowest BCUT2D eigenvalue weighted by Gasteiger charge is -2.37. The van der Waals surface area contributed by atoms with Gasteiger partial charge >= 0.3 is 0 Å². The van der Waals surface area contributed by atoms with Crippen LogP contribution in [0.1, 0.15) is 12.0 Å². The number of hydrogen-bond acceptors (Lipinski definition) is 4. The summed E-state index contributed by atoms with van der Waals surface area (Å²) in [5, 5.41) is 0. The van der Waals surface area contributed by atoms with Crippen molar-refractivity contribution in [1.82, 2.24) is 9.80 Å². The predicted molar refractivity (Wildman–Crippen MR) is 85.2 cm³/mol. The van der Waals surface area contributed by atoms with E-state index in [0.717, 1.165) is 51.1 Å². The van der Waals surface area contributed by atoms with Gasteiger partial charge in [0.1, 0.15) is 5.82 Å². The van der Waals surface area contributed by atoms with E-state index in [2.05, 4.69) is 9.80 Å². The van der Waals surface area contributed by atoms with Gasteiger partial charge in [0.15, 0.2) is 9.84 Å². The molecule has 0 aliphatic carbocycles. The number of halogens is 1. The van der Waals surface area contributed by atoms with Gasteiger partial charge in [0.2, 0.25) is 0 Å². The van der Waals surface area contributed by atoms with Gasteiger partial charge in [0, 0.05) is 38.8 Å². The molecular formula is C16H23FN2O2S. The maximum atomic E-state index is 13.6. The summed E-state index contributed by atoms with van der Waals surface area (Å²) >= 11 is 0. The normalized spacial score (nSPS) is 26.3. The van der Waals surface area contributed by atoms with Gasteiger partial charge in [-0.25, -0.2) is 12.8 Å². The molecule has 1 aromatic carbocycles. The summed E-state index contributed by atoms with van der Waals surface area (Å²) in [6.45, 7) is 4.56. The predicted octanol–water partition coefficient (Wildman–Crippen LogP) is 1.17. The van der Waals surface area contributed by atoms with E-state index in [-0.39, 0.29) is 11.9 Å². The molecule has 0 radical (unpaired) electrons. The highest BCUT2D eigenvalue weighted by molar-refractivity contribution is 7.91. The number of piperazine rings is 1. The Morgan fingerprint density at radius 2 is 1.86 bits per heavy atom. The van der Waals surface area contributed by atoms with E-state index in [4.69, 9.17) is 0 Å². The number of rotatable bonds is 4. The first kappa shape index (κ1) is 15.9. The van der Waals surface area contributed by atoms with Crippen LogP contribution in [0.3, 0.4) is 0 Å². The lowest BCUT2D eigenvalue weighted by atomic mass is 10.1. The molecule has 2 fully saturated rings. The summed E-state index contributed by atoms with van der Waals surface area (Å²) in [5.74, 6) is 0.533. The molecule has 1 unspecified atom stereocenters. The van der Waals surface area contributed by atoms with Crippen molar-refractivity contribution >= 4 is 9.84 Å². The van der Waals surface area contributed by atoms with E-state index in [0.29, 0.717) is 11.5 Å². The average molecular weight is 326 g/mol. The molecule has 2 saturated heterocycles. The van der Waals surface area contributed by atoms with Crippen molar-refractivity contribution in [3.8, 4) is 0 Å². The fourth-order valence-electron chi connectivity index (χ4n) is 3.40. The van der Waals surface area contributed by atoms with Crippen molar-refractivity contribution in [2.45, 2.75) is 18.9 Å². The quantitative estimate of drug-likeness (QED) is 0.833. The number of sulfone groups is 1. The summed E-state index contributed by atoms with van der Waals surface area (Å²) in [4.78, 5) is 4.65. The van der Waals surface area contributed by atoms with Crippen molar-refractivity contribution in [3.05, 3.63) is 35.6 Å². The van der Waals surface area contributed by atoms with E-state index in [1.165, 1.54) is 6.07 Å². The molecule has 0 bridgehead atoms. The fourth-order valence-corrected chi connectivity index (χ4v) is 5.16. The van der Waals surface area contributed by atoms with E-state index in [9.17, 15) is 12.8 Å². The summed E-state index contributed by atoms with van der Waals surface area (Å²) in [7, 11) is -2.81. The van der Waals surface area contributed by atoms with Gasteiger partial charge in [-0.1, -0.05) is 18.2 Å². The fraction of sp³-hybridized carbons (Fsp3) is 0.625.